The van der Waals surface area contributed by atoms with Crippen LogP contribution in [-0.4, -0.2) is 13.1 Å². The summed E-state index contributed by atoms with van der Waals surface area (Å²) in [5.74, 6) is 1.02. The van der Waals surface area contributed by atoms with Crippen LogP contribution in [0.15, 0.2) is 113 Å². The predicted octanol–water partition coefficient (Wildman–Crippen LogP) is 6.60. The summed E-state index contributed by atoms with van der Waals surface area (Å²) in [7, 11) is 1.57. The molecule has 184 valence electrons. The van der Waals surface area contributed by atoms with Crippen LogP contribution in [0.3, 0.4) is 0 Å². The number of methoxy groups -OCH3 is 1. The summed E-state index contributed by atoms with van der Waals surface area (Å²) in [4.78, 5) is 25.9. The number of benzene rings is 4. The quantitative estimate of drug-likeness (QED) is 0.179. The monoisotopic (exact) mass is 492 g/mol. The summed E-state index contributed by atoms with van der Waals surface area (Å²) in [6.07, 6.45) is 2.77. The number of fused-ring (bicyclic) bond motifs is 1. The Morgan fingerprint density at radius 2 is 1.49 bits per heavy atom. The van der Waals surface area contributed by atoms with Gasteiger partial charge in [-0.2, -0.15) is 0 Å². The van der Waals surface area contributed by atoms with Gasteiger partial charge in [0.25, 0.3) is 0 Å². The molecule has 4 aromatic carbocycles. The molecule has 1 heterocycles. The lowest BCUT2D eigenvalue weighted by molar-refractivity contribution is 0.0733. The van der Waals surface area contributed by atoms with Crippen molar-refractivity contribution in [1.29, 1.82) is 0 Å². The maximum atomic E-state index is 13.0. The average molecular weight is 493 g/mol. The second-order valence-electron chi connectivity index (χ2n) is 8.40. The highest BCUT2D eigenvalue weighted by Crippen LogP contribution is 2.26. The first-order valence-electron chi connectivity index (χ1n) is 11.8. The van der Waals surface area contributed by atoms with E-state index < -0.39 is 5.97 Å². The number of esters is 1. The Morgan fingerprint density at radius 3 is 2.27 bits per heavy atom. The van der Waals surface area contributed by atoms with E-state index in [0.717, 1.165) is 12.0 Å². The van der Waals surface area contributed by atoms with E-state index in [0.29, 0.717) is 28.9 Å². The van der Waals surface area contributed by atoms with Crippen LogP contribution in [0.4, 0.5) is 0 Å². The SMILES string of the molecule is COc1ccc(Oc2coc3cc(OC(=O)c4ccccc4CCc4ccccc4)ccc3c2=O)cc1. The minimum Gasteiger partial charge on any atom is -0.497 e. The minimum atomic E-state index is -0.468. The van der Waals surface area contributed by atoms with E-state index in [4.69, 9.17) is 18.6 Å². The maximum Gasteiger partial charge on any atom is 0.343 e. The summed E-state index contributed by atoms with van der Waals surface area (Å²) in [5, 5.41) is 0.314. The maximum absolute atomic E-state index is 13.0. The van der Waals surface area contributed by atoms with Crippen LogP contribution in [0.5, 0.6) is 23.0 Å². The third-order valence-corrected chi connectivity index (χ3v) is 5.98. The van der Waals surface area contributed by atoms with E-state index >= 15 is 0 Å². The second-order valence-corrected chi connectivity index (χ2v) is 8.40. The van der Waals surface area contributed by atoms with Crippen molar-refractivity contribution in [3.05, 3.63) is 130 Å². The Labute approximate surface area is 213 Å². The van der Waals surface area contributed by atoms with Gasteiger partial charge in [-0.05, 0) is 66.4 Å². The van der Waals surface area contributed by atoms with E-state index in [1.54, 1.807) is 49.6 Å². The van der Waals surface area contributed by atoms with Gasteiger partial charge in [0.1, 0.15) is 29.1 Å². The van der Waals surface area contributed by atoms with Crippen molar-refractivity contribution >= 4 is 16.9 Å². The molecule has 0 fully saturated rings. The van der Waals surface area contributed by atoms with Gasteiger partial charge in [-0.15, -0.1) is 0 Å². The summed E-state index contributed by atoms with van der Waals surface area (Å²) >= 11 is 0. The second kappa shape index (κ2) is 10.8. The third-order valence-electron chi connectivity index (χ3n) is 5.98. The summed E-state index contributed by atoms with van der Waals surface area (Å²) < 4.78 is 22.1. The van der Waals surface area contributed by atoms with Crippen LogP contribution >= 0.6 is 0 Å². The van der Waals surface area contributed by atoms with Crippen molar-refractivity contribution in [3.8, 4) is 23.0 Å². The smallest absolute Gasteiger partial charge is 0.343 e. The molecule has 0 N–H and O–H groups in total. The van der Waals surface area contributed by atoms with E-state index in [-0.39, 0.29) is 22.5 Å². The van der Waals surface area contributed by atoms with Gasteiger partial charge in [-0.3, -0.25) is 4.79 Å². The number of carbonyl (C=O) groups excluding carboxylic acids is 1. The molecular weight excluding hydrogens is 468 g/mol. The molecule has 6 nitrogen and oxygen atoms in total. The molecule has 0 aliphatic rings. The van der Waals surface area contributed by atoms with E-state index in [2.05, 4.69) is 12.1 Å². The zero-order valence-corrected chi connectivity index (χ0v) is 20.2. The molecule has 6 heteroatoms. The molecule has 0 spiro atoms. The number of hydrogen-bond acceptors (Lipinski definition) is 6. The van der Waals surface area contributed by atoms with E-state index in [1.165, 1.54) is 17.9 Å². The Kier molecular flexibility index (Phi) is 6.99. The molecule has 37 heavy (non-hydrogen) atoms. The molecule has 5 aromatic rings. The van der Waals surface area contributed by atoms with Gasteiger partial charge in [0.05, 0.1) is 18.1 Å². The van der Waals surface area contributed by atoms with Crippen LogP contribution in [0.1, 0.15) is 21.5 Å². The fourth-order valence-electron chi connectivity index (χ4n) is 4.02. The average Bonchev–Trinajstić information content (AvgIpc) is 2.94. The van der Waals surface area contributed by atoms with Crippen LogP contribution in [-0.2, 0) is 12.8 Å². The van der Waals surface area contributed by atoms with Gasteiger partial charge >= 0.3 is 5.97 Å². The van der Waals surface area contributed by atoms with Crippen molar-refractivity contribution in [1.82, 2.24) is 0 Å². The molecule has 0 atom stereocenters. The zero-order valence-electron chi connectivity index (χ0n) is 20.2. The first kappa shape index (κ1) is 23.9. The fourth-order valence-corrected chi connectivity index (χ4v) is 4.02. The highest BCUT2D eigenvalue weighted by Gasteiger charge is 2.15. The summed E-state index contributed by atoms with van der Waals surface area (Å²) in [5.41, 5.74) is 2.56. The lowest BCUT2D eigenvalue weighted by atomic mass is 10.00. The lowest BCUT2D eigenvalue weighted by Gasteiger charge is -2.10. The highest BCUT2D eigenvalue weighted by atomic mass is 16.5. The number of aryl methyl sites for hydroxylation is 2. The van der Waals surface area contributed by atoms with Crippen LogP contribution < -0.4 is 19.6 Å². The molecule has 0 amide bonds. The summed E-state index contributed by atoms with van der Waals surface area (Å²) in [6.45, 7) is 0. The van der Waals surface area contributed by atoms with E-state index in [1.807, 2.05) is 36.4 Å². The fraction of sp³-hybridized carbons (Fsp3) is 0.0968. The molecule has 0 bridgehead atoms. The standard InChI is InChI=1S/C31H24O6/c1-34-23-13-15-24(16-14-23)36-29-20-35-28-19-25(17-18-27(28)30(29)32)37-31(33)26-10-6-5-9-22(26)12-11-21-7-3-2-4-8-21/h2-10,13-20H,11-12H2,1H3. The van der Waals surface area contributed by atoms with Crippen molar-refractivity contribution in [2.75, 3.05) is 7.11 Å². The molecule has 0 aliphatic carbocycles. The minimum absolute atomic E-state index is 0.0507. The molecule has 0 aliphatic heterocycles. The van der Waals surface area contributed by atoms with Crippen molar-refractivity contribution in [2.45, 2.75) is 12.8 Å². The normalized spacial score (nSPS) is 10.7. The zero-order chi connectivity index (χ0) is 25.6. The van der Waals surface area contributed by atoms with Gasteiger partial charge in [-0.1, -0.05) is 48.5 Å². The van der Waals surface area contributed by atoms with Gasteiger partial charge in [0, 0.05) is 6.07 Å². The molecule has 0 saturated heterocycles. The first-order valence-corrected chi connectivity index (χ1v) is 11.8. The largest absolute Gasteiger partial charge is 0.497 e. The van der Waals surface area contributed by atoms with Crippen molar-refractivity contribution in [2.24, 2.45) is 0 Å². The molecule has 1 aromatic heterocycles. The Morgan fingerprint density at radius 1 is 0.784 bits per heavy atom. The Bertz CT molecular complexity index is 1590. The topological polar surface area (TPSA) is 75.0 Å². The van der Waals surface area contributed by atoms with Crippen LogP contribution in [0, 0.1) is 0 Å². The number of rotatable bonds is 8. The third kappa shape index (κ3) is 5.54. The number of ether oxygens (including phenoxy) is 3. The molecule has 0 saturated carbocycles. The number of hydrogen-bond donors (Lipinski definition) is 0. The van der Waals surface area contributed by atoms with Crippen LogP contribution in [0.25, 0.3) is 11.0 Å². The number of carbonyl (C=O) groups is 1. The van der Waals surface area contributed by atoms with E-state index in [9.17, 15) is 9.59 Å². The molecular formula is C31H24O6. The van der Waals surface area contributed by atoms with Gasteiger partial charge < -0.3 is 18.6 Å². The van der Waals surface area contributed by atoms with Gasteiger partial charge in [0.2, 0.25) is 11.2 Å². The molecule has 0 radical (unpaired) electrons. The summed E-state index contributed by atoms with van der Waals surface area (Å²) in [6, 6.07) is 29.1. The van der Waals surface area contributed by atoms with Crippen LogP contribution in [0.2, 0.25) is 0 Å². The lowest BCUT2D eigenvalue weighted by Crippen LogP contribution is -2.12. The Balaban J connectivity index is 1.32. The van der Waals surface area contributed by atoms with Gasteiger partial charge in [-0.25, -0.2) is 4.79 Å². The highest BCUT2D eigenvalue weighted by molar-refractivity contribution is 5.93. The first-order chi connectivity index (χ1) is 18.1. The molecule has 0 unspecified atom stereocenters. The van der Waals surface area contributed by atoms with Crippen molar-refractivity contribution < 1.29 is 23.4 Å². The molecule has 5 rings (SSSR count). The predicted molar refractivity (Wildman–Crippen MR) is 141 cm³/mol. The van der Waals surface area contributed by atoms with Crippen molar-refractivity contribution in [3.63, 3.8) is 0 Å². The Hall–Kier alpha value is -4.84. The van der Waals surface area contributed by atoms with Gasteiger partial charge in [0.15, 0.2) is 0 Å².